The largest absolute Gasteiger partial charge is 0.494 e. The number of halogens is 1. The number of methoxy groups -OCH3 is 1. The highest BCUT2D eigenvalue weighted by molar-refractivity contribution is 5.93. The summed E-state index contributed by atoms with van der Waals surface area (Å²) in [5.41, 5.74) is 2.65. The molecule has 27 heavy (non-hydrogen) atoms. The molecule has 1 unspecified atom stereocenters. The number of anilines is 1. The number of carboxylic acid groups (broad SMARTS) is 1. The molecular weight excluding hydrogens is 347 g/mol. The molecule has 0 aromatic heterocycles. The van der Waals surface area contributed by atoms with Crippen molar-refractivity contribution in [1.82, 2.24) is 0 Å². The molecular formula is C21H23FN2O3. The van der Waals surface area contributed by atoms with Crippen LogP contribution in [0.1, 0.15) is 49.2 Å². The zero-order valence-electron chi connectivity index (χ0n) is 15.9. The molecule has 6 heteroatoms. The monoisotopic (exact) mass is 370 g/mol. The first-order chi connectivity index (χ1) is 12.7. The fourth-order valence-electron chi connectivity index (χ4n) is 3.11. The molecule has 0 saturated carbocycles. The third-order valence-corrected chi connectivity index (χ3v) is 4.72. The Morgan fingerprint density at radius 3 is 2.41 bits per heavy atom. The second-order valence-corrected chi connectivity index (χ2v) is 7.61. The van der Waals surface area contributed by atoms with E-state index >= 15 is 0 Å². The van der Waals surface area contributed by atoms with E-state index in [2.05, 4.69) is 20.8 Å². The van der Waals surface area contributed by atoms with E-state index in [1.54, 1.807) is 30.3 Å². The molecule has 1 aliphatic heterocycles. The van der Waals surface area contributed by atoms with E-state index in [4.69, 9.17) is 14.9 Å². The lowest BCUT2D eigenvalue weighted by Crippen LogP contribution is -2.20. The van der Waals surface area contributed by atoms with Crippen LogP contribution in [0.15, 0.2) is 47.6 Å². The van der Waals surface area contributed by atoms with Gasteiger partial charge in [0.25, 0.3) is 0 Å². The van der Waals surface area contributed by atoms with Gasteiger partial charge in [0.05, 0.1) is 24.4 Å². The summed E-state index contributed by atoms with van der Waals surface area (Å²) in [6.45, 7) is 6.28. The summed E-state index contributed by atoms with van der Waals surface area (Å²) in [7, 11) is 1.44. The number of nitrogens with zero attached hydrogens (tertiary/aromatic N) is 2. The number of carbonyl (C=O) groups is 1. The van der Waals surface area contributed by atoms with Gasteiger partial charge in [-0.15, -0.1) is 0 Å². The van der Waals surface area contributed by atoms with Gasteiger partial charge in [-0.05, 0) is 42.0 Å². The van der Waals surface area contributed by atoms with E-state index in [0.717, 1.165) is 17.0 Å². The normalized spacial score (nSPS) is 17.0. The van der Waals surface area contributed by atoms with Gasteiger partial charge in [0, 0.05) is 17.5 Å². The van der Waals surface area contributed by atoms with Crippen molar-refractivity contribution in [2.75, 3.05) is 12.1 Å². The van der Waals surface area contributed by atoms with E-state index < -0.39 is 11.8 Å². The summed E-state index contributed by atoms with van der Waals surface area (Å²) in [6, 6.07) is 11.3. The van der Waals surface area contributed by atoms with Crippen LogP contribution in [0.5, 0.6) is 5.75 Å². The topological polar surface area (TPSA) is 62.1 Å². The maximum Gasteiger partial charge on any atom is 0.335 e. The Morgan fingerprint density at radius 1 is 1.22 bits per heavy atom. The van der Waals surface area contributed by atoms with Gasteiger partial charge in [0.1, 0.15) is 0 Å². The Balaban J connectivity index is 2.01. The molecule has 2 aromatic carbocycles. The van der Waals surface area contributed by atoms with E-state index in [9.17, 15) is 9.18 Å². The molecule has 142 valence electrons. The molecule has 0 saturated heterocycles. The Labute approximate surface area is 158 Å². The maximum absolute atomic E-state index is 14.3. The number of ether oxygens (including phenoxy) is 1. The molecule has 3 rings (SSSR count). The summed E-state index contributed by atoms with van der Waals surface area (Å²) in [5, 5.41) is 15.7. The van der Waals surface area contributed by atoms with E-state index in [-0.39, 0.29) is 22.8 Å². The summed E-state index contributed by atoms with van der Waals surface area (Å²) >= 11 is 0. The van der Waals surface area contributed by atoms with Crippen molar-refractivity contribution in [1.29, 1.82) is 0 Å². The Hall–Kier alpha value is -2.89. The van der Waals surface area contributed by atoms with Gasteiger partial charge in [-0.1, -0.05) is 26.8 Å². The molecule has 1 aliphatic rings. The van der Waals surface area contributed by atoms with Crippen LogP contribution in [0.4, 0.5) is 10.1 Å². The van der Waals surface area contributed by atoms with Crippen molar-refractivity contribution in [3.8, 4) is 5.75 Å². The quantitative estimate of drug-likeness (QED) is 0.833. The molecule has 2 aromatic rings. The molecule has 1 heterocycles. The molecule has 1 N–H and O–H groups in total. The van der Waals surface area contributed by atoms with Crippen molar-refractivity contribution in [3.05, 3.63) is 59.4 Å². The number of hydrazone groups is 1. The molecule has 5 nitrogen and oxygen atoms in total. The molecule has 0 amide bonds. The van der Waals surface area contributed by atoms with Gasteiger partial charge >= 0.3 is 5.97 Å². The lowest BCUT2D eigenvalue weighted by atomic mass is 9.86. The zero-order valence-corrected chi connectivity index (χ0v) is 15.9. The van der Waals surface area contributed by atoms with Crippen molar-refractivity contribution >= 4 is 17.4 Å². The average Bonchev–Trinajstić information content (AvgIpc) is 3.07. The number of carboxylic acids is 1. The summed E-state index contributed by atoms with van der Waals surface area (Å²) in [6.07, 6.45) is 0.663. The fraction of sp³-hybridized carbons (Fsp3) is 0.333. The summed E-state index contributed by atoms with van der Waals surface area (Å²) < 4.78 is 19.3. The number of rotatable bonds is 4. The van der Waals surface area contributed by atoms with Crippen LogP contribution in [0.2, 0.25) is 0 Å². The van der Waals surface area contributed by atoms with E-state index in [1.165, 1.54) is 13.2 Å². The Morgan fingerprint density at radius 2 is 1.89 bits per heavy atom. The van der Waals surface area contributed by atoms with Gasteiger partial charge in [-0.25, -0.2) is 9.18 Å². The zero-order chi connectivity index (χ0) is 19.8. The van der Waals surface area contributed by atoms with Crippen LogP contribution in [-0.4, -0.2) is 23.9 Å². The van der Waals surface area contributed by atoms with Crippen LogP contribution in [0, 0.1) is 11.2 Å². The number of benzene rings is 2. The first-order valence-corrected chi connectivity index (χ1v) is 8.74. The van der Waals surface area contributed by atoms with Crippen molar-refractivity contribution in [3.63, 3.8) is 0 Å². The number of aromatic carboxylic acids is 1. The third kappa shape index (κ3) is 3.79. The second-order valence-electron chi connectivity index (χ2n) is 7.61. The average molecular weight is 370 g/mol. The third-order valence-electron chi connectivity index (χ3n) is 4.72. The van der Waals surface area contributed by atoms with E-state index in [0.29, 0.717) is 6.42 Å². The summed E-state index contributed by atoms with van der Waals surface area (Å²) in [5.74, 6) is -1.19. The van der Waals surface area contributed by atoms with Crippen molar-refractivity contribution in [2.45, 2.75) is 33.2 Å². The molecule has 0 radical (unpaired) electrons. The number of hydrogen-bond acceptors (Lipinski definition) is 4. The van der Waals surface area contributed by atoms with Crippen LogP contribution >= 0.6 is 0 Å². The Bertz CT molecular complexity index is 885. The van der Waals surface area contributed by atoms with E-state index in [1.807, 2.05) is 11.1 Å². The minimum Gasteiger partial charge on any atom is -0.494 e. The smallest absolute Gasteiger partial charge is 0.335 e. The Kier molecular flexibility index (Phi) is 4.91. The lowest BCUT2D eigenvalue weighted by Gasteiger charge is -2.24. The van der Waals surface area contributed by atoms with Crippen LogP contribution in [0.3, 0.4) is 0 Å². The standard InChI is InChI=1S/C21H23FN2O3/c1-21(2,3)19-12-17(14-7-10-18(27-4)16(22)11-14)24(23-19)15-8-5-13(6-9-15)20(25)26/h5-11,17H,12H2,1-4H3,(H,25,26). The maximum atomic E-state index is 14.3. The predicted molar refractivity (Wildman–Crippen MR) is 103 cm³/mol. The van der Waals surface area contributed by atoms with Crippen LogP contribution < -0.4 is 9.75 Å². The van der Waals surface area contributed by atoms with Gasteiger partial charge in [-0.3, -0.25) is 5.01 Å². The first kappa shape index (κ1) is 18.9. The predicted octanol–water partition coefficient (Wildman–Crippen LogP) is 4.89. The van der Waals surface area contributed by atoms with Gasteiger partial charge in [0.15, 0.2) is 11.6 Å². The van der Waals surface area contributed by atoms with Gasteiger partial charge < -0.3 is 9.84 Å². The molecule has 0 bridgehead atoms. The molecule has 0 aliphatic carbocycles. The lowest BCUT2D eigenvalue weighted by molar-refractivity contribution is 0.0697. The van der Waals surface area contributed by atoms with Crippen molar-refractivity contribution < 1.29 is 19.0 Å². The van der Waals surface area contributed by atoms with Crippen molar-refractivity contribution in [2.24, 2.45) is 10.5 Å². The minimum absolute atomic E-state index is 0.126. The van der Waals surface area contributed by atoms with Gasteiger partial charge in [0.2, 0.25) is 0 Å². The minimum atomic E-state index is -0.976. The van der Waals surface area contributed by atoms with Crippen LogP contribution in [-0.2, 0) is 0 Å². The highest BCUT2D eigenvalue weighted by Gasteiger charge is 2.34. The SMILES string of the molecule is COc1ccc(C2CC(C(C)(C)C)=NN2c2ccc(C(=O)O)cc2)cc1F. The molecule has 0 fully saturated rings. The van der Waals surface area contributed by atoms with Gasteiger partial charge in [-0.2, -0.15) is 5.10 Å². The molecule has 1 atom stereocenters. The second kappa shape index (κ2) is 7.02. The molecule has 0 spiro atoms. The highest BCUT2D eigenvalue weighted by atomic mass is 19.1. The first-order valence-electron chi connectivity index (χ1n) is 8.74. The highest BCUT2D eigenvalue weighted by Crippen LogP contribution is 2.40. The summed E-state index contributed by atoms with van der Waals surface area (Å²) in [4.78, 5) is 11.1. The van der Waals surface area contributed by atoms with Crippen LogP contribution in [0.25, 0.3) is 0 Å². The number of hydrogen-bond donors (Lipinski definition) is 1. The fourth-order valence-corrected chi connectivity index (χ4v) is 3.11.